The zero-order valence-corrected chi connectivity index (χ0v) is 12.5. The Hall–Kier alpha value is -1.82. The average Bonchev–Trinajstić information content (AvgIpc) is 2.47. The van der Waals surface area contributed by atoms with Crippen LogP contribution in [0.1, 0.15) is 10.4 Å². The number of rotatable bonds is 3. The number of anilines is 1. The molecule has 0 aliphatic carbocycles. The van der Waals surface area contributed by atoms with Gasteiger partial charge in [0.15, 0.2) is 0 Å². The molecule has 1 amide bonds. The predicted octanol–water partition coefficient (Wildman–Crippen LogP) is 4.81. The Kier molecular flexibility index (Phi) is 4.67. The van der Waals surface area contributed by atoms with Gasteiger partial charge in [0.1, 0.15) is 5.56 Å². The molecule has 2 rings (SSSR count). The summed E-state index contributed by atoms with van der Waals surface area (Å²) in [5, 5.41) is 13.8. The molecule has 0 saturated heterocycles. The van der Waals surface area contributed by atoms with Gasteiger partial charge in [-0.25, -0.2) is 0 Å². The van der Waals surface area contributed by atoms with Crippen LogP contribution in [0.2, 0.25) is 15.1 Å². The first-order valence-corrected chi connectivity index (χ1v) is 6.73. The highest BCUT2D eigenvalue weighted by molar-refractivity contribution is 6.49. The Morgan fingerprint density at radius 2 is 1.71 bits per heavy atom. The summed E-state index contributed by atoms with van der Waals surface area (Å²) in [6, 6.07) is 8.51. The molecule has 0 fully saturated rings. The van der Waals surface area contributed by atoms with Crippen LogP contribution in [0, 0.1) is 10.1 Å². The molecule has 0 bridgehead atoms. The number of nitrogens with one attached hydrogen (secondary N) is 1. The number of nitro benzene ring substituents is 1. The van der Waals surface area contributed by atoms with Gasteiger partial charge in [0.05, 0.1) is 25.7 Å². The Morgan fingerprint density at radius 1 is 1.05 bits per heavy atom. The monoisotopic (exact) mass is 344 g/mol. The minimum Gasteiger partial charge on any atom is -0.320 e. The molecule has 0 aliphatic rings. The molecule has 21 heavy (non-hydrogen) atoms. The summed E-state index contributed by atoms with van der Waals surface area (Å²) in [5.41, 5.74) is -0.162. The third-order valence-corrected chi connectivity index (χ3v) is 3.92. The molecule has 1 N–H and O–H groups in total. The van der Waals surface area contributed by atoms with Crippen molar-refractivity contribution in [2.24, 2.45) is 0 Å². The predicted molar refractivity (Wildman–Crippen MR) is 82.5 cm³/mol. The number of benzene rings is 2. The second-order valence-electron chi connectivity index (χ2n) is 3.95. The van der Waals surface area contributed by atoms with Crippen LogP contribution in [-0.4, -0.2) is 10.8 Å². The SMILES string of the molecule is O=C(Nc1ccc(Cl)c(Cl)c1Cl)c1ccccc1[N+](=O)[O-]. The minimum absolute atomic E-state index is 0.0658. The van der Waals surface area contributed by atoms with Gasteiger partial charge in [0.25, 0.3) is 11.6 Å². The van der Waals surface area contributed by atoms with E-state index >= 15 is 0 Å². The topological polar surface area (TPSA) is 72.2 Å². The summed E-state index contributed by atoms with van der Waals surface area (Å²) in [4.78, 5) is 22.4. The van der Waals surface area contributed by atoms with Crippen LogP contribution >= 0.6 is 34.8 Å². The summed E-state index contributed by atoms with van der Waals surface area (Å²) in [5.74, 6) is -0.664. The van der Waals surface area contributed by atoms with Gasteiger partial charge in [-0.15, -0.1) is 0 Å². The van der Waals surface area contributed by atoms with Crippen LogP contribution in [0.5, 0.6) is 0 Å². The number of carbonyl (C=O) groups is 1. The number of amides is 1. The average molecular weight is 346 g/mol. The fourth-order valence-corrected chi connectivity index (χ4v) is 2.22. The standard InChI is InChI=1S/C13H7Cl3N2O3/c14-8-5-6-9(12(16)11(8)15)17-13(19)7-3-1-2-4-10(7)18(20)21/h1-6H,(H,17,19). The van der Waals surface area contributed by atoms with Gasteiger partial charge in [-0.05, 0) is 18.2 Å². The van der Waals surface area contributed by atoms with Gasteiger partial charge in [-0.3, -0.25) is 14.9 Å². The molecule has 0 saturated carbocycles. The maximum atomic E-state index is 12.1. The van der Waals surface area contributed by atoms with Crippen LogP contribution in [-0.2, 0) is 0 Å². The van der Waals surface area contributed by atoms with E-state index in [0.717, 1.165) is 0 Å². The van der Waals surface area contributed by atoms with Gasteiger partial charge in [0.2, 0.25) is 0 Å². The molecule has 0 radical (unpaired) electrons. The second kappa shape index (κ2) is 6.30. The van der Waals surface area contributed by atoms with Crippen molar-refractivity contribution in [3.8, 4) is 0 Å². The number of nitrogens with zero attached hydrogens (tertiary/aromatic N) is 1. The highest BCUT2D eigenvalue weighted by Crippen LogP contribution is 2.36. The lowest BCUT2D eigenvalue weighted by molar-refractivity contribution is -0.385. The normalized spacial score (nSPS) is 10.2. The van der Waals surface area contributed by atoms with Gasteiger partial charge < -0.3 is 5.32 Å². The lowest BCUT2D eigenvalue weighted by Gasteiger charge is -2.09. The zero-order valence-electron chi connectivity index (χ0n) is 10.3. The van der Waals surface area contributed by atoms with E-state index in [1.165, 1.54) is 36.4 Å². The van der Waals surface area contributed by atoms with Crippen molar-refractivity contribution in [2.45, 2.75) is 0 Å². The smallest absolute Gasteiger partial charge is 0.282 e. The zero-order chi connectivity index (χ0) is 15.6. The second-order valence-corrected chi connectivity index (χ2v) is 5.11. The number of halogens is 3. The van der Waals surface area contributed by atoms with Crippen molar-refractivity contribution in [3.63, 3.8) is 0 Å². The molecular weight excluding hydrogens is 339 g/mol. The summed E-state index contributed by atoms with van der Waals surface area (Å²) in [6.45, 7) is 0. The lowest BCUT2D eigenvalue weighted by atomic mass is 10.1. The third kappa shape index (κ3) is 3.26. The lowest BCUT2D eigenvalue weighted by Crippen LogP contribution is -2.14. The van der Waals surface area contributed by atoms with Crippen LogP contribution in [0.25, 0.3) is 0 Å². The fraction of sp³-hybridized carbons (Fsp3) is 0. The first-order chi connectivity index (χ1) is 9.91. The molecule has 0 spiro atoms. The molecule has 108 valence electrons. The van der Waals surface area contributed by atoms with E-state index in [4.69, 9.17) is 34.8 Å². The number of carbonyl (C=O) groups excluding carboxylic acids is 1. The fourth-order valence-electron chi connectivity index (χ4n) is 1.64. The van der Waals surface area contributed by atoms with Gasteiger partial charge in [0, 0.05) is 6.07 Å². The summed E-state index contributed by atoms with van der Waals surface area (Å²) in [6.07, 6.45) is 0. The van der Waals surface area contributed by atoms with Crippen molar-refractivity contribution in [3.05, 3.63) is 67.1 Å². The van der Waals surface area contributed by atoms with Gasteiger partial charge >= 0.3 is 0 Å². The molecule has 8 heteroatoms. The molecule has 5 nitrogen and oxygen atoms in total. The van der Waals surface area contributed by atoms with E-state index in [0.29, 0.717) is 0 Å². The Bertz CT molecular complexity index is 735. The number of nitro groups is 1. The molecule has 2 aromatic rings. The van der Waals surface area contributed by atoms with Gasteiger partial charge in [-0.1, -0.05) is 46.9 Å². The third-order valence-electron chi connectivity index (χ3n) is 2.63. The Balaban J connectivity index is 2.35. The summed E-state index contributed by atoms with van der Waals surface area (Å²) < 4.78 is 0. The highest BCUT2D eigenvalue weighted by Gasteiger charge is 2.20. The van der Waals surface area contributed by atoms with E-state index in [1.807, 2.05) is 0 Å². The highest BCUT2D eigenvalue weighted by atomic mass is 35.5. The van der Waals surface area contributed by atoms with E-state index < -0.39 is 10.8 Å². The van der Waals surface area contributed by atoms with Crippen molar-refractivity contribution in [1.82, 2.24) is 0 Å². The molecule has 0 atom stereocenters. The van der Waals surface area contributed by atoms with Crippen LogP contribution < -0.4 is 5.32 Å². The first kappa shape index (κ1) is 15.6. The molecule has 0 aliphatic heterocycles. The summed E-state index contributed by atoms with van der Waals surface area (Å²) in [7, 11) is 0. The van der Waals surface area contributed by atoms with E-state index in [1.54, 1.807) is 0 Å². The van der Waals surface area contributed by atoms with Crippen molar-refractivity contribution < 1.29 is 9.72 Å². The van der Waals surface area contributed by atoms with Crippen molar-refractivity contribution in [1.29, 1.82) is 0 Å². The Labute approximate surface area is 134 Å². The largest absolute Gasteiger partial charge is 0.320 e. The van der Waals surface area contributed by atoms with Gasteiger partial charge in [-0.2, -0.15) is 0 Å². The quantitative estimate of drug-likeness (QED) is 0.493. The molecule has 0 heterocycles. The van der Waals surface area contributed by atoms with E-state index in [-0.39, 0.29) is 32.0 Å². The van der Waals surface area contributed by atoms with Crippen molar-refractivity contribution >= 4 is 52.1 Å². The number of para-hydroxylation sites is 1. The minimum atomic E-state index is -0.664. The number of hydrogen-bond donors (Lipinski definition) is 1. The Morgan fingerprint density at radius 3 is 2.38 bits per heavy atom. The van der Waals surface area contributed by atoms with E-state index in [2.05, 4.69) is 5.32 Å². The molecule has 0 aromatic heterocycles. The molecule has 0 unspecified atom stereocenters. The maximum Gasteiger partial charge on any atom is 0.282 e. The van der Waals surface area contributed by atoms with Crippen LogP contribution in [0.15, 0.2) is 36.4 Å². The van der Waals surface area contributed by atoms with Crippen LogP contribution in [0.4, 0.5) is 11.4 Å². The van der Waals surface area contributed by atoms with Crippen molar-refractivity contribution in [2.75, 3.05) is 5.32 Å². The molecular formula is C13H7Cl3N2O3. The van der Waals surface area contributed by atoms with Crippen LogP contribution in [0.3, 0.4) is 0 Å². The maximum absolute atomic E-state index is 12.1. The number of hydrogen-bond acceptors (Lipinski definition) is 3. The van der Waals surface area contributed by atoms with E-state index in [9.17, 15) is 14.9 Å². The molecule has 2 aromatic carbocycles. The summed E-state index contributed by atoms with van der Waals surface area (Å²) >= 11 is 17.6. The first-order valence-electron chi connectivity index (χ1n) is 5.60.